The van der Waals surface area contributed by atoms with Crippen LogP contribution in [0.4, 0.5) is 4.39 Å². The van der Waals surface area contributed by atoms with Crippen molar-refractivity contribution in [2.45, 2.75) is 6.54 Å². The van der Waals surface area contributed by atoms with E-state index in [1.54, 1.807) is 12.1 Å². The minimum Gasteiger partial charge on any atom is -0.300 e. The zero-order valence-electron chi connectivity index (χ0n) is 11.2. The lowest BCUT2D eigenvalue weighted by atomic mass is 10.2. The lowest BCUT2D eigenvalue weighted by molar-refractivity contribution is 0.132. The van der Waals surface area contributed by atoms with E-state index in [9.17, 15) is 4.39 Å². The molecule has 19 heavy (non-hydrogen) atoms. The van der Waals surface area contributed by atoms with Crippen molar-refractivity contribution in [2.24, 2.45) is 0 Å². The number of benzene rings is 1. The molecule has 0 unspecified atom stereocenters. The molecule has 0 bridgehead atoms. The summed E-state index contributed by atoms with van der Waals surface area (Å²) in [5.41, 5.74) is 0.627. The highest BCUT2D eigenvalue weighted by atomic mass is 35.5. The molecule has 0 aromatic heterocycles. The molecule has 0 atom stereocenters. The van der Waals surface area contributed by atoms with Gasteiger partial charge in [0.1, 0.15) is 5.82 Å². The maximum absolute atomic E-state index is 13.7. The average molecular weight is 303 g/mol. The van der Waals surface area contributed by atoms with Crippen molar-refractivity contribution in [2.75, 3.05) is 44.7 Å². The Bertz CT molecular complexity index is 388. The predicted molar refractivity (Wildman–Crippen MR) is 81.5 cm³/mol. The molecule has 5 heteroatoms. The van der Waals surface area contributed by atoms with E-state index in [1.807, 2.05) is 11.8 Å². The lowest BCUT2D eigenvalue weighted by Gasteiger charge is -2.34. The van der Waals surface area contributed by atoms with Gasteiger partial charge in [-0.15, -0.1) is 0 Å². The summed E-state index contributed by atoms with van der Waals surface area (Å²) in [5, 5.41) is 0.532. The predicted octanol–water partition coefficient (Wildman–Crippen LogP) is 2.96. The topological polar surface area (TPSA) is 6.48 Å². The molecule has 1 fully saturated rings. The van der Waals surface area contributed by atoms with Gasteiger partial charge < -0.3 is 0 Å². The van der Waals surface area contributed by atoms with Gasteiger partial charge in [-0.3, -0.25) is 9.80 Å². The summed E-state index contributed by atoms with van der Waals surface area (Å²) in [6.45, 7) is 5.86. The molecule has 1 saturated heterocycles. The first-order chi connectivity index (χ1) is 9.20. The molecule has 0 saturated carbocycles. The van der Waals surface area contributed by atoms with Gasteiger partial charge >= 0.3 is 0 Å². The number of rotatable bonds is 5. The second kappa shape index (κ2) is 7.48. The summed E-state index contributed by atoms with van der Waals surface area (Å²) >= 11 is 7.95. The molecule has 0 amide bonds. The maximum Gasteiger partial charge on any atom is 0.129 e. The Hall–Kier alpha value is -0.290. The molecule has 1 aromatic rings. The van der Waals surface area contributed by atoms with Crippen LogP contribution in [-0.2, 0) is 6.54 Å². The van der Waals surface area contributed by atoms with Gasteiger partial charge in [0, 0.05) is 55.6 Å². The van der Waals surface area contributed by atoms with Crippen molar-refractivity contribution in [3.63, 3.8) is 0 Å². The van der Waals surface area contributed by atoms with Crippen LogP contribution >= 0.6 is 23.4 Å². The van der Waals surface area contributed by atoms with Gasteiger partial charge in [-0.25, -0.2) is 4.39 Å². The highest BCUT2D eigenvalue weighted by Gasteiger charge is 2.18. The van der Waals surface area contributed by atoms with E-state index in [0.29, 0.717) is 17.1 Å². The Kier molecular flexibility index (Phi) is 5.95. The zero-order chi connectivity index (χ0) is 13.7. The van der Waals surface area contributed by atoms with Crippen LogP contribution in [0.25, 0.3) is 0 Å². The summed E-state index contributed by atoms with van der Waals surface area (Å²) < 4.78 is 13.7. The van der Waals surface area contributed by atoms with Crippen molar-refractivity contribution in [3.05, 3.63) is 34.6 Å². The van der Waals surface area contributed by atoms with Gasteiger partial charge in [-0.05, 0) is 18.4 Å². The second-order valence-electron chi connectivity index (χ2n) is 4.81. The van der Waals surface area contributed by atoms with E-state index in [0.717, 1.165) is 32.7 Å². The van der Waals surface area contributed by atoms with E-state index in [2.05, 4.69) is 16.1 Å². The minimum atomic E-state index is -0.197. The van der Waals surface area contributed by atoms with Gasteiger partial charge in [0.05, 0.1) is 0 Å². The number of piperazine rings is 1. The first-order valence-corrected chi connectivity index (χ1v) is 8.34. The first kappa shape index (κ1) is 15.1. The molecule has 1 aliphatic heterocycles. The van der Waals surface area contributed by atoms with Crippen LogP contribution in [0, 0.1) is 5.82 Å². The van der Waals surface area contributed by atoms with E-state index in [-0.39, 0.29) is 5.82 Å². The molecule has 1 aromatic carbocycles. The SMILES string of the molecule is CSCCN1CCN(Cc2c(F)cccc2Cl)CC1. The average Bonchev–Trinajstić information content (AvgIpc) is 2.42. The van der Waals surface area contributed by atoms with Gasteiger partial charge in [-0.2, -0.15) is 11.8 Å². The Morgan fingerprint density at radius 3 is 2.53 bits per heavy atom. The van der Waals surface area contributed by atoms with Crippen LogP contribution in [0.3, 0.4) is 0 Å². The normalized spacial score (nSPS) is 17.8. The number of halogens is 2. The van der Waals surface area contributed by atoms with Gasteiger partial charge in [0.25, 0.3) is 0 Å². The van der Waals surface area contributed by atoms with Crippen molar-refractivity contribution in [1.82, 2.24) is 9.80 Å². The van der Waals surface area contributed by atoms with Gasteiger partial charge in [0.15, 0.2) is 0 Å². The smallest absolute Gasteiger partial charge is 0.129 e. The quantitative estimate of drug-likeness (QED) is 0.826. The third kappa shape index (κ3) is 4.35. The van der Waals surface area contributed by atoms with Crippen molar-refractivity contribution < 1.29 is 4.39 Å². The van der Waals surface area contributed by atoms with Crippen LogP contribution in [0.15, 0.2) is 18.2 Å². The molecular formula is C14H20ClFN2S. The molecule has 1 aliphatic rings. The highest BCUT2D eigenvalue weighted by molar-refractivity contribution is 7.98. The summed E-state index contributed by atoms with van der Waals surface area (Å²) in [6, 6.07) is 4.89. The summed E-state index contributed by atoms with van der Waals surface area (Å²) in [4.78, 5) is 4.75. The monoisotopic (exact) mass is 302 g/mol. The minimum absolute atomic E-state index is 0.197. The highest BCUT2D eigenvalue weighted by Crippen LogP contribution is 2.21. The van der Waals surface area contributed by atoms with E-state index in [1.165, 1.54) is 11.8 Å². The number of thioether (sulfide) groups is 1. The fourth-order valence-electron chi connectivity index (χ4n) is 2.30. The first-order valence-electron chi connectivity index (χ1n) is 6.57. The Balaban J connectivity index is 1.85. The van der Waals surface area contributed by atoms with Crippen molar-refractivity contribution >= 4 is 23.4 Å². The summed E-state index contributed by atoms with van der Waals surface area (Å²) in [7, 11) is 0. The Morgan fingerprint density at radius 2 is 1.89 bits per heavy atom. The van der Waals surface area contributed by atoms with E-state index >= 15 is 0 Å². The Labute approximate surface area is 123 Å². The molecule has 2 nitrogen and oxygen atoms in total. The number of hydrogen-bond donors (Lipinski definition) is 0. The lowest BCUT2D eigenvalue weighted by Crippen LogP contribution is -2.46. The number of hydrogen-bond acceptors (Lipinski definition) is 3. The van der Waals surface area contributed by atoms with Crippen LogP contribution in [-0.4, -0.2) is 54.5 Å². The third-order valence-electron chi connectivity index (χ3n) is 3.52. The molecule has 0 N–H and O–H groups in total. The van der Waals surface area contributed by atoms with Crippen LogP contribution < -0.4 is 0 Å². The van der Waals surface area contributed by atoms with E-state index < -0.39 is 0 Å². The zero-order valence-corrected chi connectivity index (χ0v) is 12.8. The largest absolute Gasteiger partial charge is 0.300 e. The summed E-state index contributed by atoms with van der Waals surface area (Å²) in [5.74, 6) is 0.983. The molecule has 0 radical (unpaired) electrons. The van der Waals surface area contributed by atoms with Crippen molar-refractivity contribution in [3.8, 4) is 0 Å². The maximum atomic E-state index is 13.7. The van der Waals surface area contributed by atoms with Crippen LogP contribution in [0.1, 0.15) is 5.56 Å². The molecule has 1 heterocycles. The molecule has 0 spiro atoms. The van der Waals surface area contributed by atoms with Gasteiger partial charge in [0.2, 0.25) is 0 Å². The van der Waals surface area contributed by atoms with Gasteiger partial charge in [-0.1, -0.05) is 17.7 Å². The third-order valence-corrected chi connectivity index (χ3v) is 4.46. The summed E-state index contributed by atoms with van der Waals surface area (Å²) in [6.07, 6.45) is 2.14. The molecule has 2 rings (SSSR count). The number of nitrogens with zero attached hydrogens (tertiary/aromatic N) is 2. The van der Waals surface area contributed by atoms with Crippen LogP contribution in [0.5, 0.6) is 0 Å². The fourth-order valence-corrected chi connectivity index (χ4v) is 2.96. The standard InChI is InChI=1S/C14H20ClFN2S/c1-19-10-9-17-5-7-18(8-6-17)11-12-13(15)3-2-4-14(12)16/h2-4H,5-11H2,1H3. The second-order valence-corrected chi connectivity index (χ2v) is 6.20. The van der Waals surface area contributed by atoms with E-state index in [4.69, 9.17) is 11.6 Å². The van der Waals surface area contributed by atoms with Crippen molar-refractivity contribution in [1.29, 1.82) is 0 Å². The molecule has 106 valence electrons. The fraction of sp³-hybridized carbons (Fsp3) is 0.571. The Morgan fingerprint density at radius 1 is 1.21 bits per heavy atom. The van der Waals surface area contributed by atoms with Crippen LogP contribution in [0.2, 0.25) is 5.02 Å². The molecule has 0 aliphatic carbocycles. The molecular weight excluding hydrogens is 283 g/mol.